The lowest BCUT2D eigenvalue weighted by Crippen LogP contribution is -1.96. The van der Waals surface area contributed by atoms with Crippen molar-refractivity contribution in [3.05, 3.63) is 342 Å². The van der Waals surface area contributed by atoms with Crippen molar-refractivity contribution >= 4 is 11.6 Å². The second kappa shape index (κ2) is 52.5. The van der Waals surface area contributed by atoms with Crippen molar-refractivity contribution in [2.24, 2.45) is 0 Å². The number of methoxy groups -OCH3 is 2. The third-order valence-electron chi connectivity index (χ3n) is 17.1. The van der Waals surface area contributed by atoms with Gasteiger partial charge in [-0.25, -0.2) is 4.39 Å². The zero-order chi connectivity index (χ0) is 80.0. The summed E-state index contributed by atoms with van der Waals surface area (Å²) in [5.74, 6) is 6.92. The van der Waals surface area contributed by atoms with Crippen molar-refractivity contribution < 1.29 is 13.9 Å². The van der Waals surface area contributed by atoms with E-state index in [-0.39, 0.29) is 11.7 Å². The highest BCUT2D eigenvalue weighted by atomic mass is 35.5. The van der Waals surface area contributed by atoms with Crippen LogP contribution in [-0.4, -0.2) is 14.2 Å². The highest BCUT2D eigenvalue weighted by Crippen LogP contribution is 2.27. The van der Waals surface area contributed by atoms with E-state index >= 15 is 0 Å². The molecule has 0 heterocycles. The second-order valence-electron chi connectivity index (χ2n) is 29.4. The average molecular weight is 1450 g/mol. The molecule has 564 valence electrons. The van der Waals surface area contributed by atoms with Crippen LogP contribution in [-0.2, 0) is 0 Å². The lowest BCUT2D eigenvalue weighted by Gasteiger charge is -2.10. The molecule has 0 atom stereocenters. The topological polar surface area (TPSA) is 89.8 Å². The van der Waals surface area contributed by atoms with Crippen molar-refractivity contribution in [2.75, 3.05) is 14.2 Å². The molecule has 0 N–H and O–H groups in total. The molecule has 0 amide bonds. The number of hydrogen-bond donors (Lipinski definition) is 0. The first-order valence-corrected chi connectivity index (χ1v) is 38.0. The maximum atomic E-state index is 13.1. The summed E-state index contributed by atoms with van der Waals surface area (Å²) in [4.78, 5) is 0. The largest absolute Gasteiger partial charge is 0.497 e. The van der Waals surface area contributed by atoms with Crippen LogP contribution in [0.4, 0.5) is 4.39 Å². The molecule has 0 radical (unpaired) electrons. The Kier molecular flexibility index (Phi) is 46.8. The van der Waals surface area contributed by atoms with Gasteiger partial charge in [0, 0.05) is 10.6 Å². The van der Waals surface area contributed by atoms with Gasteiger partial charge < -0.3 is 9.47 Å². The number of nitriles is 3. The van der Waals surface area contributed by atoms with E-state index < -0.39 is 0 Å². The van der Waals surface area contributed by atoms with E-state index in [0.717, 1.165) is 33.2 Å². The molecule has 106 heavy (non-hydrogen) atoms. The Labute approximate surface area is 648 Å². The Morgan fingerprint density at radius 2 is 0.660 bits per heavy atom. The molecule has 10 rings (SSSR count). The maximum absolute atomic E-state index is 13.1. The van der Waals surface area contributed by atoms with Crippen LogP contribution in [0.5, 0.6) is 11.5 Å². The molecular formula is C99H127ClFN3O2. The van der Waals surface area contributed by atoms with E-state index in [1.165, 1.54) is 72.8 Å². The van der Waals surface area contributed by atoms with Gasteiger partial charge in [-0.05, 0) is 197 Å². The number of ether oxygens (including phenoxy) is 2. The normalized spacial score (nSPS) is 10.1. The van der Waals surface area contributed by atoms with Crippen molar-refractivity contribution in [1.82, 2.24) is 0 Å². The molecule has 0 saturated heterocycles. The van der Waals surface area contributed by atoms with Crippen LogP contribution in [0.3, 0.4) is 0 Å². The van der Waals surface area contributed by atoms with E-state index in [2.05, 4.69) is 286 Å². The minimum atomic E-state index is -0.288. The SMILES string of the molecule is CC(C)c1c(F)cccc1C#N.CC(C)c1ccc(C#N)cc1.CC(C)c1ccccc1C#N.CC(C)c1ccccc1Cl.COc1cccc(C(C)C)c1.COc1ccccc1C(C)C.Cc1cccc(C(C)C)c1.Cc1cccc(C(C)C)c1.Cc1cccc(C(C)C)c1.Cc1ccccc1C(C)C. The first kappa shape index (κ1) is 94.5. The smallest absolute Gasteiger partial charge is 0.127 e. The van der Waals surface area contributed by atoms with Gasteiger partial charge in [-0.1, -0.05) is 349 Å². The zero-order valence-corrected chi connectivity index (χ0v) is 70.0. The highest BCUT2D eigenvalue weighted by Gasteiger charge is 2.12. The summed E-state index contributed by atoms with van der Waals surface area (Å²) >= 11 is 5.92. The van der Waals surface area contributed by atoms with E-state index in [1.54, 1.807) is 26.4 Å². The fraction of sp³-hybridized carbons (Fsp3) is 0.364. The Morgan fingerprint density at radius 3 is 0.972 bits per heavy atom. The van der Waals surface area contributed by atoms with E-state index in [1.807, 2.05) is 117 Å². The molecule has 7 heteroatoms. The van der Waals surface area contributed by atoms with Crippen LogP contribution in [0.15, 0.2) is 237 Å². The number of benzene rings is 10. The predicted octanol–water partition coefficient (Wildman–Crippen LogP) is 29.8. The molecule has 0 aliphatic carbocycles. The van der Waals surface area contributed by atoms with Crippen molar-refractivity contribution in [3.8, 4) is 29.7 Å². The lowest BCUT2D eigenvalue weighted by atomic mass is 9.97. The molecular weight excluding hydrogens is 1320 g/mol. The molecule has 0 unspecified atom stereocenters. The lowest BCUT2D eigenvalue weighted by molar-refractivity contribution is 0.407. The average Bonchev–Trinajstić information content (AvgIpc) is 0.858. The molecule has 5 nitrogen and oxygen atoms in total. The molecule has 0 aromatic heterocycles. The van der Waals surface area contributed by atoms with Crippen LogP contribution in [0.2, 0.25) is 5.02 Å². The van der Waals surface area contributed by atoms with E-state index in [9.17, 15) is 4.39 Å². The molecule has 0 spiro atoms. The summed E-state index contributed by atoms with van der Waals surface area (Å²) in [6, 6.07) is 85.1. The number of nitrogens with zero attached hydrogens (tertiary/aromatic N) is 3. The standard InChI is InChI=1S/C10H10FN.2C10H11N.2C10H14O.4C10H14.C9H11Cl/c1-7(2)10-8(6-12)4-3-5-9(10)11;1-8(2)10-5-3-9(7-11)4-6-10;1-8(2)10-6-4-3-5-9(10)7-11;1-8(2)9-5-4-6-10(7-9)11-3;1-8(2)9-6-4-5-7-10(9)11-3;3*1-8(2)10-6-4-5-9(3)7-10;1-8(2)10-7-5-4-6-9(10)3;1-7(2)8-5-3-4-6-9(8)10/h3-5,7H,1-2H3;2*3-6,8H,1-2H3;2*4-8H,1-3H3;4*4-8H,1-3H3;3-7H,1-2H3. The molecule has 0 aliphatic heterocycles. The minimum absolute atomic E-state index is 0.0563. The summed E-state index contributed by atoms with van der Waals surface area (Å²) in [5.41, 5.74) is 19.9. The summed E-state index contributed by atoms with van der Waals surface area (Å²) in [5, 5.41) is 26.8. The fourth-order valence-corrected chi connectivity index (χ4v) is 11.0. The Hall–Kier alpha value is -9.51. The van der Waals surface area contributed by atoms with Crippen LogP contribution >= 0.6 is 11.6 Å². The van der Waals surface area contributed by atoms with Gasteiger partial charge in [-0.2, -0.15) is 15.8 Å². The highest BCUT2D eigenvalue weighted by molar-refractivity contribution is 6.31. The van der Waals surface area contributed by atoms with Crippen LogP contribution < -0.4 is 9.47 Å². The van der Waals surface area contributed by atoms with Gasteiger partial charge in [0.1, 0.15) is 17.3 Å². The van der Waals surface area contributed by atoms with Gasteiger partial charge in [0.05, 0.1) is 49.1 Å². The molecule has 10 aromatic rings. The Balaban J connectivity index is 0.000000589. The second-order valence-corrected chi connectivity index (χ2v) is 29.8. The van der Waals surface area contributed by atoms with Crippen molar-refractivity contribution in [1.29, 1.82) is 15.8 Å². The third-order valence-corrected chi connectivity index (χ3v) is 17.5. The Morgan fingerprint density at radius 1 is 0.302 bits per heavy atom. The quantitative estimate of drug-likeness (QED) is 0.122. The van der Waals surface area contributed by atoms with Gasteiger partial charge >= 0.3 is 0 Å². The van der Waals surface area contributed by atoms with E-state index in [0.29, 0.717) is 64.4 Å². The molecule has 0 aliphatic rings. The van der Waals surface area contributed by atoms with Gasteiger partial charge in [0.15, 0.2) is 0 Å². The maximum Gasteiger partial charge on any atom is 0.127 e. The predicted molar refractivity (Wildman–Crippen MR) is 456 cm³/mol. The molecule has 0 bridgehead atoms. The van der Waals surface area contributed by atoms with Gasteiger partial charge in [0.2, 0.25) is 0 Å². The third kappa shape index (κ3) is 37.5. The number of aryl methyl sites for hydroxylation is 4. The van der Waals surface area contributed by atoms with Crippen LogP contribution in [0.1, 0.15) is 292 Å². The zero-order valence-electron chi connectivity index (χ0n) is 69.2. The molecule has 0 saturated carbocycles. The van der Waals surface area contributed by atoms with Crippen molar-refractivity contribution in [3.63, 3.8) is 0 Å². The van der Waals surface area contributed by atoms with Crippen molar-refractivity contribution in [2.45, 2.75) is 225 Å². The van der Waals surface area contributed by atoms with Gasteiger partial charge in [0.25, 0.3) is 0 Å². The fourth-order valence-electron chi connectivity index (χ4n) is 10.7. The van der Waals surface area contributed by atoms with Crippen LogP contribution in [0, 0.1) is 67.5 Å². The minimum Gasteiger partial charge on any atom is -0.497 e. The summed E-state index contributed by atoms with van der Waals surface area (Å²) in [7, 11) is 3.40. The summed E-state index contributed by atoms with van der Waals surface area (Å²) in [6.07, 6.45) is 0. The Bertz CT molecular complexity index is 4030. The summed E-state index contributed by atoms with van der Waals surface area (Å²) in [6.45, 7) is 51.5. The number of hydrogen-bond acceptors (Lipinski definition) is 5. The van der Waals surface area contributed by atoms with E-state index in [4.69, 9.17) is 36.9 Å². The number of halogens is 2. The first-order valence-electron chi connectivity index (χ1n) is 37.6. The molecule has 0 fully saturated rings. The van der Waals surface area contributed by atoms with Gasteiger partial charge in [-0.15, -0.1) is 0 Å². The van der Waals surface area contributed by atoms with Crippen LogP contribution in [0.25, 0.3) is 0 Å². The summed E-state index contributed by atoms with van der Waals surface area (Å²) < 4.78 is 23.4. The first-order chi connectivity index (χ1) is 50.2. The number of rotatable bonds is 12. The molecule has 10 aromatic carbocycles. The van der Waals surface area contributed by atoms with Gasteiger partial charge in [-0.3, -0.25) is 0 Å². The monoisotopic (exact) mass is 1440 g/mol. The number of para-hydroxylation sites is 1.